The molecule has 6 heteroatoms. The Morgan fingerprint density at radius 3 is 2.33 bits per heavy atom. The summed E-state index contributed by atoms with van der Waals surface area (Å²) in [5.74, 6) is -1.04. The standard InChI is InChI=1S/C24H31NO4S/c1-4-5-16-25(30(28,29)21-13-11-19(2)12-14-21)17-15-24(3,18-22(25)23(26)27)20-9-7-6-8-10-20/h6-14,22H,4-5,15-18H2,1-3H3/p+1. The maximum Gasteiger partial charge on any atom is 0.363 e. The summed E-state index contributed by atoms with van der Waals surface area (Å²) in [5, 5.41) is 10.2. The van der Waals surface area contributed by atoms with Gasteiger partial charge in [-0.3, -0.25) is 0 Å². The van der Waals surface area contributed by atoms with Crippen LogP contribution >= 0.6 is 0 Å². The highest BCUT2D eigenvalue weighted by Crippen LogP contribution is 2.44. The number of carboxylic acid groups (broad SMARTS) is 1. The van der Waals surface area contributed by atoms with Crippen molar-refractivity contribution in [1.29, 1.82) is 0 Å². The minimum absolute atomic E-state index is 0.207. The number of hydrogen-bond donors (Lipinski definition) is 1. The predicted octanol–water partition coefficient (Wildman–Crippen LogP) is 4.51. The van der Waals surface area contributed by atoms with Crippen molar-refractivity contribution in [2.45, 2.75) is 62.8 Å². The van der Waals surface area contributed by atoms with Gasteiger partial charge in [-0.1, -0.05) is 68.3 Å². The molecule has 0 saturated carbocycles. The molecule has 0 spiro atoms. The molecular weight excluding hydrogens is 398 g/mol. The van der Waals surface area contributed by atoms with Crippen LogP contribution in [-0.4, -0.2) is 42.5 Å². The van der Waals surface area contributed by atoms with Gasteiger partial charge in [0.05, 0.1) is 13.1 Å². The van der Waals surface area contributed by atoms with E-state index in [9.17, 15) is 18.3 Å². The summed E-state index contributed by atoms with van der Waals surface area (Å²) in [4.78, 5) is 12.7. The van der Waals surface area contributed by atoms with Gasteiger partial charge in [-0.05, 0) is 31.0 Å². The number of aryl methyl sites for hydroxylation is 1. The zero-order chi connectivity index (χ0) is 22.0. The summed E-state index contributed by atoms with van der Waals surface area (Å²) < 4.78 is 27.4. The third kappa shape index (κ3) is 3.91. The van der Waals surface area contributed by atoms with E-state index in [0.717, 1.165) is 17.5 Å². The molecule has 1 aliphatic heterocycles. The molecule has 2 aromatic rings. The minimum Gasteiger partial charge on any atom is -0.477 e. The lowest BCUT2D eigenvalue weighted by molar-refractivity contribution is -0.832. The number of aliphatic carboxylic acids is 1. The normalized spacial score (nSPS) is 27.0. The highest BCUT2D eigenvalue weighted by atomic mass is 32.2. The van der Waals surface area contributed by atoms with Crippen molar-refractivity contribution in [3.63, 3.8) is 0 Å². The first-order chi connectivity index (χ1) is 14.2. The van der Waals surface area contributed by atoms with Crippen molar-refractivity contribution in [3.8, 4) is 0 Å². The maximum absolute atomic E-state index is 13.9. The number of likely N-dealkylation sites (tertiary alicyclic amines) is 1. The van der Waals surface area contributed by atoms with Crippen LogP contribution in [0.15, 0.2) is 59.5 Å². The number of hydrogen-bond acceptors (Lipinski definition) is 3. The SMILES string of the molecule is CCCC[N+]1(S(=O)(=O)c2ccc(C)cc2)CCC(C)(c2ccccc2)CC1C(=O)O. The van der Waals surface area contributed by atoms with Crippen molar-refractivity contribution in [3.05, 3.63) is 65.7 Å². The molecule has 5 nitrogen and oxygen atoms in total. The number of sulfonamides is 1. The molecule has 0 aliphatic carbocycles. The Kier molecular flexibility index (Phi) is 6.39. The Hall–Kier alpha value is -2.18. The Bertz CT molecular complexity index is 988. The van der Waals surface area contributed by atoms with Crippen LogP contribution in [-0.2, 0) is 20.2 Å². The summed E-state index contributed by atoms with van der Waals surface area (Å²) in [6.45, 7) is 6.57. The number of benzene rings is 2. The first-order valence-corrected chi connectivity index (χ1v) is 12.1. The van der Waals surface area contributed by atoms with Crippen LogP contribution in [0.1, 0.15) is 50.7 Å². The van der Waals surface area contributed by atoms with Gasteiger partial charge in [0.15, 0.2) is 0 Å². The maximum atomic E-state index is 13.9. The molecule has 1 heterocycles. The van der Waals surface area contributed by atoms with Crippen molar-refractivity contribution in [2.75, 3.05) is 13.1 Å². The molecular formula is C24H32NO4S+. The third-order valence-corrected chi connectivity index (χ3v) is 9.14. The molecule has 1 aliphatic rings. The lowest BCUT2D eigenvalue weighted by Crippen LogP contribution is -2.67. The van der Waals surface area contributed by atoms with E-state index in [1.54, 1.807) is 24.3 Å². The zero-order valence-corrected chi connectivity index (χ0v) is 18.9. The van der Waals surface area contributed by atoms with Gasteiger partial charge < -0.3 is 5.11 Å². The Morgan fingerprint density at radius 2 is 1.77 bits per heavy atom. The van der Waals surface area contributed by atoms with Gasteiger partial charge >= 0.3 is 16.0 Å². The molecule has 162 valence electrons. The van der Waals surface area contributed by atoms with Crippen LogP contribution in [0.5, 0.6) is 0 Å². The second-order valence-corrected chi connectivity index (χ2v) is 10.9. The largest absolute Gasteiger partial charge is 0.477 e. The van der Waals surface area contributed by atoms with Crippen LogP contribution in [0.25, 0.3) is 0 Å². The molecule has 0 amide bonds. The van der Waals surface area contributed by atoms with Crippen molar-refractivity contribution < 1.29 is 22.2 Å². The van der Waals surface area contributed by atoms with Crippen molar-refractivity contribution in [2.24, 2.45) is 0 Å². The van der Waals surface area contributed by atoms with E-state index in [-0.39, 0.29) is 10.3 Å². The molecule has 3 atom stereocenters. The van der Waals surface area contributed by atoms with Crippen LogP contribution in [0.3, 0.4) is 0 Å². The predicted molar refractivity (Wildman–Crippen MR) is 118 cm³/mol. The fourth-order valence-corrected chi connectivity index (χ4v) is 6.80. The molecule has 1 saturated heterocycles. The number of quaternary nitrogens is 1. The lowest BCUT2D eigenvalue weighted by atomic mass is 9.72. The van der Waals surface area contributed by atoms with E-state index in [1.807, 2.05) is 44.2 Å². The second-order valence-electron chi connectivity index (χ2n) is 8.78. The first kappa shape index (κ1) is 22.5. The average molecular weight is 431 g/mol. The van der Waals surface area contributed by atoms with E-state index >= 15 is 0 Å². The quantitative estimate of drug-likeness (QED) is 0.656. The zero-order valence-electron chi connectivity index (χ0n) is 18.0. The molecule has 3 unspecified atom stereocenters. The molecule has 0 bridgehead atoms. The monoisotopic (exact) mass is 430 g/mol. The highest BCUT2D eigenvalue weighted by Gasteiger charge is 2.58. The van der Waals surface area contributed by atoms with E-state index in [0.29, 0.717) is 32.4 Å². The molecule has 0 aromatic heterocycles. The Labute approximate surface area is 180 Å². The fourth-order valence-electron chi connectivity index (χ4n) is 4.70. The number of rotatable bonds is 7. The second kappa shape index (κ2) is 8.52. The highest BCUT2D eigenvalue weighted by molar-refractivity contribution is 7.86. The van der Waals surface area contributed by atoms with Crippen molar-refractivity contribution >= 4 is 16.0 Å². The van der Waals surface area contributed by atoms with E-state index in [1.165, 1.54) is 0 Å². The van der Waals surface area contributed by atoms with Gasteiger partial charge in [-0.2, -0.15) is 8.42 Å². The van der Waals surface area contributed by atoms with Crippen LogP contribution in [0.4, 0.5) is 0 Å². The van der Waals surface area contributed by atoms with Gasteiger partial charge in [0.25, 0.3) is 0 Å². The van der Waals surface area contributed by atoms with E-state index < -0.39 is 25.9 Å². The summed E-state index contributed by atoms with van der Waals surface area (Å²) in [7, 11) is -3.88. The number of unbranched alkanes of at least 4 members (excludes halogenated alkanes) is 1. The topological polar surface area (TPSA) is 71.4 Å². The summed E-state index contributed by atoms with van der Waals surface area (Å²) >= 11 is 0. The molecule has 30 heavy (non-hydrogen) atoms. The number of carbonyl (C=O) groups is 1. The van der Waals surface area contributed by atoms with Gasteiger partial charge in [0.2, 0.25) is 6.04 Å². The van der Waals surface area contributed by atoms with Gasteiger partial charge in [-0.15, -0.1) is 0 Å². The van der Waals surface area contributed by atoms with Crippen LogP contribution in [0, 0.1) is 6.92 Å². The molecule has 1 fully saturated rings. The fraction of sp³-hybridized carbons (Fsp3) is 0.458. The van der Waals surface area contributed by atoms with Gasteiger partial charge in [0, 0.05) is 18.3 Å². The summed E-state index contributed by atoms with van der Waals surface area (Å²) in [6.07, 6.45) is 2.39. The minimum atomic E-state index is -3.88. The number of carboxylic acids is 1. The lowest BCUT2D eigenvalue weighted by Gasteiger charge is -2.49. The molecule has 0 radical (unpaired) electrons. The summed E-state index contributed by atoms with van der Waals surface area (Å²) in [6, 6.07) is 15.6. The third-order valence-electron chi connectivity index (χ3n) is 6.70. The van der Waals surface area contributed by atoms with Gasteiger partial charge in [-0.25, -0.2) is 8.68 Å². The number of piperidine rings is 1. The van der Waals surface area contributed by atoms with Gasteiger partial charge in [0.1, 0.15) is 4.90 Å². The average Bonchev–Trinajstić information content (AvgIpc) is 2.73. The molecule has 2 aromatic carbocycles. The summed E-state index contributed by atoms with van der Waals surface area (Å²) in [5.41, 5.74) is 1.66. The Morgan fingerprint density at radius 1 is 1.13 bits per heavy atom. The van der Waals surface area contributed by atoms with E-state index in [4.69, 9.17) is 0 Å². The molecule has 1 N–H and O–H groups in total. The molecule has 3 rings (SSSR count). The van der Waals surface area contributed by atoms with Crippen LogP contribution < -0.4 is 0 Å². The van der Waals surface area contributed by atoms with Crippen LogP contribution in [0.2, 0.25) is 0 Å². The van der Waals surface area contributed by atoms with E-state index in [2.05, 4.69) is 6.92 Å². The Balaban J connectivity index is 2.11. The number of nitrogens with zero attached hydrogens (tertiary/aromatic N) is 1. The first-order valence-electron chi connectivity index (χ1n) is 10.6. The smallest absolute Gasteiger partial charge is 0.363 e. The van der Waals surface area contributed by atoms with Crippen molar-refractivity contribution in [1.82, 2.24) is 0 Å².